The Bertz CT molecular complexity index is 614. The van der Waals surface area contributed by atoms with Gasteiger partial charge in [-0.1, -0.05) is 0 Å². The molecule has 0 unspecified atom stereocenters. The topological polar surface area (TPSA) is 0 Å². The zero-order valence-electron chi connectivity index (χ0n) is 14.2. The molecule has 0 bridgehead atoms. The first-order valence-electron chi connectivity index (χ1n) is 8.54. The summed E-state index contributed by atoms with van der Waals surface area (Å²) in [7, 11) is -1.94. The Morgan fingerprint density at radius 1 is 0.583 bits per heavy atom. The quantitative estimate of drug-likeness (QED) is 0.505. The standard InChI is InChI=1S/C22H25P.BrH/c1-2-3-19-23(20-13-7-4-8-14-20,21-15-9-5-10-16-21)22-17-11-6-12-18-22;/h4-18,23H,2-3,19H2,1H3;1H. The van der Waals surface area contributed by atoms with Crippen molar-refractivity contribution in [1.29, 1.82) is 0 Å². The van der Waals surface area contributed by atoms with Crippen molar-refractivity contribution in [1.82, 2.24) is 0 Å². The molecule has 0 spiro atoms. The van der Waals surface area contributed by atoms with Crippen molar-refractivity contribution >= 4 is 40.2 Å². The van der Waals surface area contributed by atoms with Gasteiger partial charge >= 0.3 is 140 Å². The summed E-state index contributed by atoms with van der Waals surface area (Å²) in [4.78, 5) is 0. The van der Waals surface area contributed by atoms with E-state index in [4.69, 9.17) is 0 Å². The van der Waals surface area contributed by atoms with Crippen LogP contribution < -0.4 is 15.9 Å². The van der Waals surface area contributed by atoms with Gasteiger partial charge in [0, 0.05) is 0 Å². The van der Waals surface area contributed by atoms with Gasteiger partial charge in [0.05, 0.1) is 0 Å². The molecule has 0 saturated carbocycles. The van der Waals surface area contributed by atoms with Crippen LogP contribution in [0.3, 0.4) is 0 Å². The van der Waals surface area contributed by atoms with Gasteiger partial charge in [0.15, 0.2) is 0 Å². The number of halogens is 1. The first-order valence-corrected chi connectivity index (χ1v) is 10.7. The molecule has 0 aliphatic heterocycles. The molecule has 0 nitrogen and oxygen atoms in total. The minimum absolute atomic E-state index is 0. The van der Waals surface area contributed by atoms with Crippen LogP contribution in [0.5, 0.6) is 0 Å². The molecule has 0 fully saturated rings. The second kappa shape index (κ2) is 9.16. The van der Waals surface area contributed by atoms with E-state index in [0.717, 1.165) is 0 Å². The normalized spacial score (nSPS) is 11.5. The number of rotatable bonds is 6. The maximum absolute atomic E-state index is 2.34. The van der Waals surface area contributed by atoms with Crippen LogP contribution in [0.15, 0.2) is 91.0 Å². The van der Waals surface area contributed by atoms with E-state index in [1.54, 1.807) is 0 Å². The number of benzene rings is 3. The van der Waals surface area contributed by atoms with E-state index in [2.05, 4.69) is 97.9 Å². The van der Waals surface area contributed by atoms with E-state index in [-0.39, 0.29) is 17.0 Å². The summed E-state index contributed by atoms with van der Waals surface area (Å²) >= 11 is 0. The second-order valence-corrected chi connectivity index (χ2v) is 10.1. The third-order valence-corrected chi connectivity index (χ3v) is 9.77. The Labute approximate surface area is 157 Å². The molecule has 0 radical (unpaired) electrons. The third kappa shape index (κ3) is 3.79. The molecule has 0 saturated heterocycles. The summed E-state index contributed by atoms with van der Waals surface area (Å²) < 4.78 is 0. The van der Waals surface area contributed by atoms with Gasteiger partial charge in [0.2, 0.25) is 0 Å². The van der Waals surface area contributed by atoms with E-state index in [9.17, 15) is 0 Å². The van der Waals surface area contributed by atoms with E-state index >= 15 is 0 Å². The van der Waals surface area contributed by atoms with Crippen molar-refractivity contribution < 1.29 is 0 Å². The number of unbranched alkanes of at least 4 members (excludes halogenated alkanes) is 1. The van der Waals surface area contributed by atoms with Crippen LogP contribution in [0.2, 0.25) is 0 Å². The fraction of sp³-hybridized carbons (Fsp3) is 0.182. The van der Waals surface area contributed by atoms with Crippen molar-refractivity contribution in [2.45, 2.75) is 19.8 Å². The summed E-state index contributed by atoms with van der Waals surface area (Å²) in [5.74, 6) is 0. The molecule has 2 heteroatoms. The summed E-state index contributed by atoms with van der Waals surface area (Å²) in [6.45, 7) is 2.29. The summed E-state index contributed by atoms with van der Waals surface area (Å²) in [5, 5.41) is 4.56. The van der Waals surface area contributed by atoms with Crippen LogP contribution in [-0.4, -0.2) is 6.16 Å². The molecule has 3 rings (SSSR count). The monoisotopic (exact) mass is 400 g/mol. The first kappa shape index (κ1) is 18.9. The number of hydrogen-bond donors (Lipinski definition) is 0. The second-order valence-electron chi connectivity index (χ2n) is 6.11. The van der Waals surface area contributed by atoms with E-state index < -0.39 is 7.26 Å². The Kier molecular flexibility index (Phi) is 7.21. The van der Waals surface area contributed by atoms with Gasteiger partial charge in [0.25, 0.3) is 0 Å². The SMILES string of the molecule is Br.CCCC[PH](c1ccccc1)(c1ccccc1)c1ccccc1. The Balaban J connectivity index is 0.00000208. The van der Waals surface area contributed by atoms with Gasteiger partial charge in [-0.2, -0.15) is 0 Å². The molecule has 0 aromatic heterocycles. The first-order chi connectivity index (χ1) is 11.4. The molecule has 0 aliphatic carbocycles. The zero-order chi connectivity index (χ0) is 16.0. The van der Waals surface area contributed by atoms with E-state index in [0.29, 0.717) is 0 Å². The maximum atomic E-state index is 2.34. The Morgan fingerprint density at radius 2 is 0.917 bits per heavy atom. The van der Waals surface area contributed by atoms with Crippen molar-refractivity contribution in [3.8, 4) is 0 Å². The average molecular weight is 401 g/mol. The van der Waals surface area contributed by atoms with Crippen molar-refractivity contribution in [3.63, 3.8) is 0 Å². The molecular weight excluding hydrogens is 375 g/mol. The minimum atomic E-state index is -1.94. The van der Waals surface area contributed by atoms with Crippen LogP contribution in [-0.2, 0) is 0 Å². The van der Waals surface area contributed by atoms with Crippen LogP contribution in [0, 0.1) is 0 Å². The predicted molar refractivity (Wildman–Crippen MR) is 117 cm³/mol. The van der Waals surface area contributed by atoms with Crippen molar-refractivity contribution in [2.24, 2.45) is 0 Å². The van der Waals surface area contributed by atoms with E-state index in [1.165, 1.54) is 34.9 Å². The van der Waals surface area contributed by atoms with Crippen LogP contribution >= 0.6 is 24.2 Å². The van der Waals surface area contributed by atoms with Crippen LogP contribution in [0.1, 0.15) is 19.8 Å². The summed E-state index contributed by atoms with van der Waals surface area (Å²) in [5.41, 5.74) is 0. The molecule has 0 atom stereocenters. The zero-order valence-corrected chi connectivity index (χ0v) is 16.9. The average Bonchev–Trinajstić information content (AvgIpc) is 2.65. The van der Waals surface area contributed by atoms with Gasteiger partial charge in [-0.25, -0.2) is 0 Å². The molecule has 126 valence electrons. The molecular formula is C22H26BrP. The molecule has 0 amide bonds. The molecule has 0 N–H and O–H groups in total. The van der Waals surface area contributed by atoms with Gasteiger partial charge in [-0.15, -0.1) is 17.0 Å². The third-order valence-electron chi connectivity index (χ3n) is 4.71. The molecule has 3 aromatic carbocycles. The van der Waals surface area contributed by atoms with Crippen molar-refractivity contribution in [2.75, 3.05) is 6.16 Å². The van der Waals surface area contributed by atoms with Crippen molar-refractivity contribution in [3.05, 3.63) is 91.0 Å². The van der Waals surface area contributed by atoms with Crippen LogP contribution in [0.4, 0.5) is 0 Å². The predicted octanol–water partition coefficient (Wildman–Crippen LogP) is 5.09. The Hall–Kier alpha value is -1.43. The molecule has 3 aromatic rings. The molecule has 0 aliphatic rings. The summed E-state index contributed by atoms with van der Waals surface area (Å²) in [6, 6.07) is 33.5. The molecule has 24 heavy (non-hydrogen) atoms. The molecule has 0 heterocycles. The van der Waals surface area contributed by atoms with Crippen LogP contribution in [0.25, 0.3) is 0 Å². The fourth-order valence-electron chi connectivity index (χ4n) is 3.54. The van der Waals surface area contributed by atoms with Gasteiger partial charge in [-0.3, -0.25) is 0 Å². The summed E-state index contributed by atoms with van der Waals surface area (Å²) in [6.07, 6.45) is 3.77. The van der Waals surface area contributed by atoms with E-state index in [1.807, 2.05) is 0 Å². The Morgan fingerprint density at radius 3 is 1.21 bits per heavy atom. The van der Waals surface area contributed by atoms with Gasteiger partial charge < -0.3 is 0 Å². The van der Waals surface area contributed by atoms with Gasteiger partial charge in [0.1, 0.15) is 0 Å². The van der Waals surface area contributed by atoms with Gasteiger partial charge in [-0.05, 0) is 0 Å². The fourth-order valence-corrected chi connectivity index (χ4v) is 8.58. The number of hydrogen-bond acceptors (Lipinski definition) is 0.